The summed E-state index contributed by atoms with van der Waals surface area (Å²) in [5.41, 5.74) is 1.44. The fraction of sp³-hybridized carbons (Fsp3) is 0.333. The summed E-state index contributed by atoms with van der Waals surface area (Å²) in [6, 6.07) is 0. The fourth-order valence-corrected chi connectivity index (χ4v) is 1.67. The highest BCUT2D eigenvalue weighted by molar-refractivity contribution is 6.24. The number of hydrogen-bond acceptors (Lipinski definition) is 4. The van der Waals surface area contributed by atoms with Crippen molar-refractivity contribution in [3.8, 4) is 0 Å². The second-order valence-corrected chi connectivity index (χ2v) is 3.83. The third kappa shape index (κ3) is 2.08. The molecule has 0 aromatic rings. The molecule has 0 spiro atoms. The largest absolute Gasteiger partial charge is 0.447 e. The molecule has 5 heteroatoms. The number of allylic oxidation sites excluding steroid dienone is 2. The SMILES string of the molecule is CCC1=NN(C)C(=O)/C1=C/C=C1/OC=CN1C. The average molecular weight is 233 g/mol. The van der Waals surface area contributed by atoms with E-state index in [0.717, 1.165) is 12.1 Å². The predicted molar refractivity (Wildman–Crippen MR) is 64.7 cm³/mol. The molecule has 0 aromatic heterocycles. The molecule has 0 saturated carbocycles. The van der Waals surface area contributed by atoms with Gasteiger partial charge in [0.25, 0.3) is 5.91 Å². The number of likely N-dealkylation sites (N-methyl/N-ethyl adjacent to an activating group) is 1. The quantitative estimate of drug-likeness (QED) is 0.678. The van der Waals surface area contributed by atoms with E-state index in [-0.39, 0.29) is 5.91 Å². The van der Waals surface area contributed by atoms with Crippen molar-refractivity contribution in [3.63, 3.8) is 0 Å². The molecule has 90 valence electrons. The lowest BCUT2D eigenvalue weighted by Gasteiger charge is -2.07. The minimum absolute atomic E-state index is 0.0766. The molecule has 0 atom stereocenters. The van der Waals surface area contributed by atoms with E-state index in [1.165, 1.54) is 5.01 Å². The van der Waals surface area contributed by atoms with Crippen LogP contribution in [-0.2, 0) is 9.53 Å². The Kier molecular flexibility index (Phi) is 2.99. The smallest absolute Gasteiger partial charge is 0.275 e. The Bertz CT molecular complexity index is 460. The number of amides is 1. The van der Waals surface area contributed by atoms with Gasteiger partial charge in [0, 0.05) is 20.3 Å². The maximum Gasteiger partial charge on any atom is 0.275 e. The van der Waals surface area contributed by atoms with Gasteiger partial charge in [-0.25, -0.2) is 5.01 Å². The Morgan fingerprint density at radius 1 is 1.41 bits per heavy atom. The van der Waals surface area contributed by atoms with Crippen LogP contribution in [0.2, 0.25) is 0 Å². The third-order valence-corrected chi connectivity index (χ3v) is 2.65. The lowest BCUT2D eigenvalue weighted by Crippen LogP contribution is -2.16. The van der Waals surface area contributed by atoms with Gasteiger partial charge in [-0.2, -0.15) is 5.10 Å². The van der Waals surface area contributed by atoms with E-state index in [4.69, 9.17) is 4.74 Å². The van der Waals surface area contributed by atoms with Gasteiger partial charge in [0.2, 0.25) is 0 Å². The molecule has 2 heterocycles. The van der Waals surface area contributed by atoms with Crippen LogP contribution in [0.5, 0.6) is 0 Å². The van der Waals surface area contributed by atoms with Crippen LogP contribution < -0.4 is 0 Å². The molecular weight excluding hydrogens is 218 g/mol. The number of hydrazone groups is 1. The monoisotopic (exact) mass is 233 g/mol. The van der Waals surface area contributed by atoms with Crippen LogP contribution in [-0.4, -0.2) is 35.6 Å². The minimum atomic E-state index is -0.0766. The molecule has 17 heavy (non-hydrogen) atoms. The van der Waals surface area contributed by atoms with Gasteiger partial charge in [-0.05, 0) is 18.6 Å². The van der Waals surface area contributed by atoms with E-state index >= 15 is 0 Å². The van der Waals surface area contributed by atoms with Gasteiger partial charge in [0.05, 0.1) is 11.3 Å². The summed E-state index contributed by atoms with van der Waals surface area (Å²) in [5, 5.41) is 5.53. The van der Waals surface area contributed by atoms with Gasteiger partial charge in [-0.3, -0.25) is 4.79 Å². The molecule has 0 unspecified atom stereocenters. The van der Waals surface area contributed by atoms with Gasteiger partial charge in [0.1, 0.15) is 6.26 Å². The summed E-state index contributed by atoms with van der Waals surface area (Å²) in [7, 11) is 3.54. The number of nitrogens with zero attached hydrogens (tertiary/aromatic N) is 3. The van der Waals surface area contributed by atoms with Gasteiger partial charge in [-0.1, -0.05) is 6.92 Å². The van der Waals surface area contributed by atoms with Crippen LogP contribution in [0.1, 0.15) is 13.3 Å². The first-order valence-electron chi connectivity index (χ1n) is 5.47. The van der Waals surface area contributed by atoms with Crippen LogP contribution in [0.3, 0.4) is 0 Å². The van der Waals surface area contributed by atoms with Crippen LogP contribution in [0.15, 0.2) is 41.2 Å². The number of ether oxygens (including phenoxy) is 1. The number of hydrogen-bond donors (Lipinski definition) is 0. The van der Waals surface area contributed by atoms with Gasteiger partial charge in [-0.15, -0.1) is 0 Å². The maximum atomic E-state index is 11.8. The molecular formula is C12H15N3O2. The van der Waals surface area contributed by atoms with Gasteiger partial charge >= 0.3 is 0 Å². The first-order valence-corrected chi connectivity index (χ1v) is 5.47. The van der Waals surface area contributed by atoms with Crippen molar-refractivity contribution < 1.29 is 9.53 Å². The summed E-state index contributed by atoms with van der Waals surface area (Å²) in [5.74, 6) is 0.614. The van der Waals surface area contributed by atoms with Crippen LogP contribution >= 0.6 is 0 Å². The molecule has 0 N–H and O–H groups in total. The molecule has 0 radical (unpaired) electrons. The van der Waals surface area contributed by atoms with Crippen molar-refractivity contribution in [3.05, 3.63) is 36.1 Å². The lowest BCUT2D eigenvalue weighted by molar-refractivity contribution is -0.124. The number of carbonyl (C=O) groups is 1. The molecule has 0 saturated heterocycles. The number of carbonyl (C=O) groups excluding carboxylic acids is 1. The molecule has 2 aliphatic heterocycles. The standard InChI is InChI=1S/C12H15N3O2/c1-4-10-9(12(16)15(3)13-10)5-6-11-14(2)7-8-17-11/h5-8H,4H2,1-3H3/b9-5+,11-6+. The summed E-state index contributed by atoms with van der Waals surface area (Å²) < 4.78 is 5.25. The van der Waals surface area contributed by atoms with Crippen LogP contribution in [0.25, 0.3) is 0 Å². The Balaban J connectivity index is 2.22. The average Bonchev–Trinajstić information content (AvgIpc) is 2.83. The van der Waals surface area contributed by atoms with Gasteiger partial charge in [0.15, 0.2) is 5.88 Å². The van der Waals surface area contributed by atoms with E-state index in [1.54, 1.807) is 25.5 Å². The van der Waals surface area contributed by atoms with Crippen molar-refractivity contribution in [1.29, 1.82) is 0 Å². The second-order valence-electron chi connectivity index (χ2n) is 3.83. The highest BCUT2D eigenvalue weighted by atomic mass is 16.5. The summed E-state index contributed by atoms with van der Waals surface area (Å²) in [6.07, 6.45) is 7.67. The van der Waals surface area contributed by atoms with Crippen LogP contribution in [0, 0.1) is 0 Å². The highest BCUT2D eigenvalue weighted by Gasteiger charge is 2.25. The Morgan fingerprint density at radius 2 is 2.18 bits per heavy atom. The zero-order valence-corrected chi connectivity index (χ0v) is 10.2. The topological polar surface area (TPSA) is 45.1 Å². The summed E-state index contributed by atoms with van der Waals surface area (Å²) in [6.45, 7) is 1.98. The number of rotatable bonds is 2. The van der Waals surface area contributed by atoms with Crippen molar-refractivity contribution in [2.24, 2.45) is 5.10 Å². The van der Waals surface area contributed by atoms with E-state index in [1.807, 2.05) is 25.1 Å². The van der Waals surface area contributed by atoms with E-state index in [9.17, 15) is 4.79 Å². The first-order chi connectivity index (χ1) is 8.13. The molecule has 0 fully saturated rings. The van der Waals surface area contributed by atoms with E-state index < -0.39 is 0 Å². The predicted octanol–water partition coefficient (Wildman–Crippen LogP) is 1.43. The molecule has 5 nitrogen and oxygen atoms in total. The van der Waals surface area contributed by atoms with Crippen molar-refractivity contribution in [2.75, 3.05) is 14.1 Å². The Labute approximate surface area is 100 Å². The van der Waals surface area contributed by atoms with Gasteiger partial charge < -0.3 is 9.64 Å². The first kappa shape index (κ1) is 11.4. The maximum absolute atomic E-state index is 11.8. The molecule has 0 aliphatic carbocycles. The summed E-state index contributed by atoms with van der Waals surface area (Å²) >= 11 is 0. The molecule has 1 amide bonds. The summed E-state index contributed by atoms with van der Waals surface area (Å²) in [4.78, 5) is 13.6. The van der Waals surface area contributed by atoms with Crippen molar-refractivity contribution >= 4 is 11.6 Å². The van der Waals surface area contributed by atoms with Crippen molar-refractivity contribution in [1.82, 2.24) is 9.91 Å². The van der Waals surface area contributed by atoms with E-state index in [2.05, 4.69) is 5.10 Å². The second kappa shape index (κ2) is 4.45. The molecule has 2 aliphatic rings. The minimum Gasteiger partial charge on any atom is -0.447 e. The normalized spacial score (nSPS) is 23.9. The van der Waals surface area contributed by atoms with E-state index in [0.29, 0.717) is 11.5 Å². The molecule has 0 bridgehead atoms. The zero-order chi connectivity index (χ0) is 12.4. The third-order valence-electron chi connectivity index (χ3n) is 2.65. The zero-order valence-electron chi connectivity index (χ0n) is 10.2. The lowest BCUT2D eigenvalue weighted by atomic mass is 10.1. The van der Waals surface area contributed by atoms with Crippen LogP contribution in [0.4, 0.5) is 0 Å². The molecule has 2 rings (SSSR count). The van der Waals surface area contributed by atoms with Crippen molar-refractivity contribution in [2.45, 2.75) is 13.3 Å². The Hall–Kier alpha value is -2.04. The molecule has 0 aromatic carbocycles. The highest BCUT2D eigenvalue weighted by Crippen LogP contribution is 2.18. The Morgan fingerprint density at radius 3 is 2.76 bits per heavy atom. The fourth-order valence-electron chi connectivity index (χ4n) is 1.67.